The standard InChI is InChI=1S/C29H34ClN3O5S/c1-5-31-29(35)27(17-22-10-7-6-8-11-22)32(19-23-12-9-13-25(16-23)38-3)28(34)20-33(39(4,36)37)26-18-24(30)15-14-21(26)2/h6-16,18,27H,5,17,19-20H2,1-4H3,(H,31,35)/t27-/m1/s1. The molecule has 0 saturated carbocycles. The van der Waals surface area contributed by atoms with Crippen LogP contribution in [0.3, 0.4) is 0 Å². The molecule has 0 unspecified atom stereocenters. The fourth-order valence-electron chi connectivity index (χ4n) is 4.26. The third-order valence-electron chi connectivity index (χ3n) is 6.23. The lowest BCUT2D eigenvalue weighted by Gasteiger charge is -2.33. The van der Waals surface area contributed by atoms with E-state index in [4.69, 9.17) is 16.3 Å². The van der Waals surface area contributed by atoms with Gasteiger partial charge >= 0.3 is 0 Å². The number of hydrogen-bond donors (Lipinski definition) is 1. The summed E-state index contributed by atoms with van der Waals surface area (Å²) in [6.07, 6.45) is 1.29. The van der Waals surface area contributed by atoms with Crippen LogP contribution in [-0.2, 0) is 32.6 Å². The number of nitrogens with zero attached hydrogens (tertiary/aromatic N) is 2. The molecule has 0 aliphatic heterocycles. The highest BCUT2D eigenvalue weighted by molar-refractivity contribution is 7.92. The van der Waals surface area contributed by atoms with E-state index in [1.807, 2.05) is 36.4 Å². The summed E-state index contributed by atoms with van der Waals surface area (Å²) in [5.74, 6) is -0.262. The summed E-state index contributed by atoms with van der Waals surface area (Å²) >= 11 is 6.18. The van der Waals surface area contributed by atoms with Crippen LogP contribution in [0, 0.1) is 6.92 Å². The molecule has 0 aliphatic rings. The minimum absolute atomic E-state index is 0.0663. The van der Waals surface area contributed by atoms with Crippen LogP contribution in [0.25, 0.3) is 0 Å². The number of sulfonamides is 1. The van der Waals surface area contributed by atoms with Crippen LogP contribution in [0.4, 0.5) is 5.69 Å². The van der Waals surface area contributed by atoms with Crippen LogP contribution >= 0.6 is 11.6 Å². The second-order valence-electron chi connectivity index (χ2n) is 9.17. The molecule has 1 atom stereocenters. The van der Waals surface area contributed by atoms with Crippen LogP contribution in [-0.4, -0.2) is 57.6 Å². The fraction of sp³-hybridized carbons (Fsp3) is 0.310. The Morgan fingerprint density at radius 3 is 2.33 bits per heavy atom. The first-order valence-electron chi connectivity index (χ1n) is 12.5. The monoisotopic (exact) mass is 571 g/mol. The number of nitrogens with one attached hydrogen (secondary N) is 1. The van der Waals surface area contributed by atoms with Crippen LogP contribution < -0.4 is 14.4 Å². The van der Waals surface area contributed by atoms with E-state index in [1.165, 1.54) is 11.0 Å². The molecule has 1 N–H and O–H groups in total. The largest absolute Gasteiger partial charge is 0.497 e. The second-order valence-corrected chi connectivity index (χ2v) is 11.5. The van der Waals surface area contributed by atoms with Crippen LogP contribution in [0.5, 0.6) is 5.75 Å². The van der Waals surface area contributed by atoms with Gasteiger partial charge in [-0.1, -0.05) is 60.1 Å². The first kappa shape index (κ1) is 30.0. The van der Waals surface area contributed by atoms with Gasteiger partial charge in [-0.25, -0.2) is 8.42 Å². The van der Waals surface area contributed by atoms with Gasteiger partial charge in [-0.15, -0.1) is 0 Å². The van der Waals surface area contributed by atoms with Gasteiger partial charge in [0, 0.05) is 24.5 Å². The lowest BCUT2D eigenvalue weighted by atomic mass is 10.0. The second kappa shape index (κ2) is 13.5. The highest BCUT2D eigenvalue weighted by atomic mass is 35.5. The number of anilines is 1. The van der Waals surface area contributed by atoms with Gasteiger partial charge in [0.2, 0.25) is 21.8 Å². The van der Waals surface area contributed by atoms with Gasteiger partial charge in [0.15, 0.2) is 0 Å². The number of ether oxygens (including phenoxy) is 1. The van der Waals surface area contributed by atoms with Crippen LogP contribution in [0.1, 0.15) is 23.6 Å². The van der Waals surface area contributed by atoms with Crippen molar-refractivity contribution in [3.63, 3.8) is 0 Å². The maximum Gasteiger partial charge on any atom is 0.244 e. The van der Waals surface area contributed by atoms with E-state index in [0.29, 0.717) is 28.6 Å². The molecule has 0 spiro atoms. The Balaban J connectivity index is 2.08. The topological polar surface area (TPSA) is 96.0 Å². The molecule has 0 aromatic heterocycles. The lowest BCUT2D eigenvalue weighted by Crippen LogP contribution is -2.53. The Bertz CT molecular complexity index is 1400. The highest BCUT2D eigenvalue weighted by Crippen LogP contribution is 2.27. The van der Waals surface area contributed by atoms with Crippen molar-refractivity contribution in [3.8, 4) is 5.75 Å². The van der Waals surface area contributed by atoms with Crippen molar-refractivity contribution in [2.75, 3.05) is 30.8 Å². The van der Waals surface area contributed by atoms with Crippen LogP contribution in [0.2, 0.25) is 5.02 Å². The number of benzene rings is 3. The summed E-state index contributed by atoms with van der Waals surface area (Å²) < 4.78 is 32.2. The quantitative estimate of drug-likeness (QED) is 0.351. The van der Waals surface area contributed by atoms with Crippen molar-refractivity contribution in [2.24, 2.45) is 0 Å². The number of aryl methyl sites for hydroxylation is 1. The number of carbonyl (C=O) groups is 2. The Labute approximate surface area is 235 Å². The molecule has 0 heterocycles. The van der Waals surface area contributed by atoms with E-state index in [9.17, 15) is 18.0 Å². The van der Waals surface area contributed by atoms with Crippen molar-refractivity contribution in [1.82, 2.24) is 10.2 Å². The normalized spacial score (nSPS) is 11.9. The third-order valence-corrected chi connectivity index (χ3v) is 7.59. The maximum absolute atomic E-state index is 14.0. The number of carbonyl (C=O) groups excluding carboxylic acids is 2. The third kappa shape index (κ3) is 8.21. The van der Waals surface area contributed by atoms with Crippen molar-refractivity contribution in [2.45, 2.75) is 32.9 Å². The Kier molecular flexibility index (Phi) is 10.4. The van der Waals surface area contributed by atoms with E-state index >= 15 is 0 Å². The average Bonchev–Trinajstić information content (AvgIpc) is 2.90. The van der Waals surface area contributed by atoms with E-state index in [-0.39, 0.29) is 18.9 Å². The summed E-state index contributed by atoms with van der Waals surface area (Å²) in [7, 11) is -2.33. The number of likely N-dealkylation sites (N-methyl/N-ethyl adjacent to an activating group) is 1. The molecule has 39 heavy (non-hydrogen) atoms. The minimum atomic E-state index is -3.88. The van der Waals surface area contributed by atoms with Crippen molar-refractivity contribution in [1.29, 1.82) is 0 Å². The Hall–Kier alpha value is -3.56. The summed E-state index contributed by atoms with van der Waals surface area (Å²) in [6, 6.07) is 20.6. The fourth-order valence-corrected chi connectivity index (χ4v) is 5.32. The zero-order chi connectivity index (χ0) is 28.6. The molecule has 0 saturated heterocycles. The van der Waals surface area contributed by atoms with E-state index in [2.05, 4.69) is 5.32 Å². The molecule has 0 bridgehead atoms. The number of amides is 2. The van der Waals surface area contributed by atoms with Gasteiger partial charge in [-0.2, -0.15) is 0 Å². The predicted octanol–water partition coefficient (Wildman–Crippen LogP) is 4.20. The highest BCUT2D eigenvalue weighted by Gasteiger charge is 2.33. The smallest absolute Gasteiger partial charge is 0.244 e. The molecule has 0 radical (unpaired) electrons. The molecule has 0 fully saturated rings. The average molecular weight is 572 g/mol. The van der Waals surface area contributed by atoms with Crippen LogP contribution in [0.15, 0.2) is 72.8 Å². The number of halogens is 1. The number of rotatable bonds is 12. The SMILES string of the molecule is CCNC(=O)[C@@H](Cc1ccccc1)N(Cc1cccc(OC)c1)C(=O)CN(c1cc(Cl)ccc1C)S(C)(=O)=O. The zero-order valence-corrected chi connectivity index (χ0v) is 24.1. The molecule has 0 aliphatic carbocycles. The predicted molar refractivity (Wildman–Crippen MR) is 155 cm³/mol. The summed E-state index contributed by atoms with van der Waals surface area (Å²) in [4.78, 5) is 28.9. The maximum atomic E-state index is 14.0. The molecule has 2 amide bonds. The van der Waals surface area contributed by atoms with Crippen molar-refractivity contribution >= 4 is 39.1 Å². The van der Waals surface area contributed by atoms with Crippen molar-refractivity contribution in [3.05, 3.63) is 94.5 Å². The Morgan fingerprint density at radius 2 is 1.69 bits per heavy atom. The van der Waals surface area contributed by atoms with E-state index in [0.717, 1.165) is 21.7 Å². The number of methoxy groups -OCH3 is 1. The molecular formula is C29H34ClN3O5S. The van der Waals surface area contributed by atoms with Crippen molar-refractivity contribution < 1.29 is 22.7 Å². The van der Waals surface area contributed by atoms with Gasteiger partial charge in [0.05, 0.1) is 19.1 Å². The van der Waals surface area contributed by atoms with E-state index in [1.54, 1.807) is 51.3 Å². The molecule has 3 aromatic rings. The first-order chi connectivity index (χ1) is 18.5. The molecular weight excluding hydrogens is 538 g/mol. The van der Waals surface area contributed by atoms with Gasteiger partial charge in [0.25, 0.3) is 0 Å². The molecule has 208 valence electrons. The van der Waals surface area contributed by atoms with E-state index < -0.39 is 28.5 Å². The molecule has 10 heteroatoms. The lowest BCUT2D eigenvalue weighted by molar-refractivity contribution is -0.140. The zero-order valence-electron chi connectivity index (χ0n) is 22.6. The van der Waals surface area contributed by atoms with Gasteiger partial charge in [0.1, 0.15) is 18.3 Å². The molecule has 3 rings (SSSR count). The molecule has 8 nitrogen and oxygen atoms in total. The number of hydrogen-bond acceptors (Lipinski definition) is 5. The molecule has 3 aromatic carbocycles. The van der Waals surface area contributed by atoms with Gasteiger partial charge in [-0.05, 0) is 54.8 Å². The first-order valence-corrected chi connectivity index (χ1v) is 14.7. The Morgan fingerprint density at radius 1 is 1.00 bits per heavy atom. The van der Waals surface area contributed by atoms with Gasteiger partial charge < -0.3 is 15.0 Å². The summed E-state index contributed by atoms with van der Waals surface area (Å²) in [5.41, 5.74) is 2.54. The van der Waals surface area contributed by atoms with Gasteiger partial charge in [-0.3, -0.25) is 13.9 Å². The summed E-state index contributed by atoms with van der Waals surface area (Å²) in [6.45, 7) is 3.49. The minimum Gasteiger partial charge on any atom is -0.497 e. The summed E-state index contributed by atoms with van der Waals surface area (Å²) in [5, 5.41) is 3.18.